The zero-order valence-corrected chi connectivity index (χ0v) is 9.38. The summed E-state index contributed by atoms with van der Waals surface area (Å²) < 4.78 is 2.25. The van der Waals surface area contributed by atoms with E-state index in [2.05, 4.69) is 66.0 Å². The van der Waals surface area contributed by atoms with Crippen molar-refractivity contribution in [2.45, 2.75) is 13.0 Å². The number of hydrazine groups is 1. The maximum absolute atomic E-state index is 2.36. The van der Waals surface area contributed by atoms with Crippen LogP contribution in [0.2, 0.25) is 0 Å². The van der Waals surface area contributed by atoms with Gasteiger partial charge in [0, 0.05) is 18.9 Å². The van der Waals surface area contributed by atoms with Gasteiger partial charge in [-0.1, -0.05) is 18.2 Å². The second-order valence-corrected chi connectivity index (χ2v) is 4.34. The number of amidine groups is 1. The van der Waals surface area contributed by atoms with Crippen LogP contribution in [0, 0.1) is 5.92 Å². The molecule has 0 aromatic heterocycles. The van der Waals surface area contributed by atoms with Gasteiger partial charge in [0.15, 0.2) is 0 Å². The SMILES string of the molecule is CC1=[N+](C)C2=CC3C=CC=CC3N2N1C. The summed E-state index contributed by atoms with van der Waals surface area (Å²) in [5, 5.41) is 4.60. The van der Waals surface area contributed by atoms with Crippen molar-refractivity contribution in [1.82, 2.24) is 10.0 Å². The zero-order chi connectivity index (χ0) is 10.6. The molecular formula is C12H16N3+. The van der Waals surface area contributed by atoms with Crippen LogP contribution in [0.25, 0.3) is 0 Å². The summed E-state index contributed by atoms with van der Waals surface area (Å²) in [5.74, 6) is 3.12. The van der Waals surface area contributed by atoms with Crippen molar-refractivity contribution in [3.05, 3.63) is 36.2 Å². The van der Waals surface area contributed by atoms with Crippen LogP contribution in [0.5, 0.6) is 0 Å². The van der Waals surface area contributed by atoms with Crippen molar-refractivity contribution in [3.8, 4) is 0 Å². The van der Waals surface area contributed by atoms with Crippen LogP contribution in [0.3, 0.4) is 0 Å². The Morgan fingerprint density at radius 2 is 2.00 bits per heavy atom. The number of allylic oxidation sites excluding steroid dienone is 2. The Bertz CT molecular complexity index is 428. The van der Waals surface area contributed by atoms with Crippen molar-refractivity contribution in [3.63, 3.8) is 0 Å². The van der Waals surface area contributed by atoms with E-state index in [9.17, 15) is 0 Å². The van der Waals surface area contributed by atoms with E-state index in [-0.39, 0.29) is 0 Å². The van der Waals surface area contributed by atoms with Crippen LogP contribution in [-0.2, 0) is 0 Å². The quantitative estimate of drug-likeness (QED) is 0.546. The van der Waals surface area contributed by atoms with E-state index in [1.807, 2.05) is 0 Å². The predicted octanol–water partition coefficient (Wildman–Crippen LogP) is 1.18. The fourth-order valence-corrected chi connectivity index (χ4v) is 2.57. The summed E-state index contributed by atoms with van der Waals surface area (Å²) in [6.07, 6.45) is 11.2. The van der Waals surface area contributed by atoms with Crippen molar-refractivity contribution in [2.24, 2.45) is 5.92 Å². The molecule has 1 aliphatic carbocycles. The largest absolute Gasteiger partial charge is 0.254 e. The minimum Gasteiger partial charge on any atom is -0.235 e. The first kappa shape index (κ1) is 8.77. The lowest BCUT2D eigenvalue weighted by Gasteiger charge is -2.24. The smallest absolute Gasteiger partial charge is 0.235 e. The lowest BCUT2D eigenvalue weighted by Crippen LogP contribution is -2.42. The first-order valence-corrected chi connectivity index (χ1v) is 5.37. The predicted molar refractivity (Wildman–Crippen MR) is 60.1 cm³/mol. The normalized spacial score (nSPS) is 32.3. The molecule has 0 amide bonds. The maximum atomic E-state index is 2.36. The van der Waals surface area contributed by atoms with E-state index in [0.717, 1.165) is 0 Å². The number of rotatable bonds is 0. The average Bonchev–Trinajstić information content (AvgIpc) is 2.72. The molecule has 0 aromatic carbocycles. The Morgan fingerprint density at radius 1 is 1.27 bits per heavy atom. The third-order valence-corrected chi connectivity index (χ3v) is 3.63. The number of hydrogen-bond donors (Lipinski definition) is 0. The molecule has 3 heteroatoms. The third-order valence-electron chi connectivity index (χ3n) is 3.63. The second kappa shape index (κ2) is 2.75. The van der Waals surface area contributed by atoms with E-state index < -0.39 is 0 Å². The maximum Gasteiger partial charge on any atom is 0.254 e. The molecule has 0 saturated heterocycles. The molecule has 0 fully saturated rings. The Hall–Kier alpha value is -1.51. The summed E-state index contributed by atoms with van der Waals surface area (Å²) in [7, 11) is 4.25. The molecule has 0 radical (unpaired) electrons. The zero-order valence-electron chi connectivity index (χ0n) is 9.38. The molecule has 0 bridgehead atoms. The molecule has 2 heterocycles. The third kappa shape index (κ3) is 0.978. The van der Waals surface area contributed by atoms with E-state index in [1.165, 1.54) is 11.7 Å². The highest BCUT2D eigenvalue weighted by molar-refractivity contribution is 5.76. The Labute approximate surface area is 90.3 Å². The summed E-state index contributed by atoms with van der Waals surface area (Å²) >= 11 is 0. The van der Waals surface area contributed by atoms with Crippen molar-refractivity contribution in [1.29, 1.82) is 0 Å². The van der Waals surface area contributed by atoms with Crippen LogP contribution >= 0.6 is 0 Å². The summed E-state index contributed by atoms with van der Waals surface area (Å²) in [6.45, 7) is 2.15. The summed E-state index contributed by atoms with van der Waals surface area (Å²) in [6, 6.07) is 0.467. The van der Waals surface area contributed by atoms with Gasteiger partial charge >= 0.3 is 0 Å². The average molecular weight is 202 g/mol. The van der Waals surface area contributed by atoms with Crippen molar-refractivity contribution < 1.29 is 4.58 Å². The Kier molecular flexibility index (Phi) is 1.61. The monoisotopic (exact) mass is 202 g/mol. The molecular weight excluding hydrogens is 186 g/mol. The highest BCUT2D eigenvalue weighted by atomic mass is 15.7. The van der Waals surface area contributed by atoms with Crippen LogP contribution in [-0.4, -0.2) is 40.6 Å². The van der Waals surface area contributed by atoms with Gasteiger partial charge in [-0.3, -0.25) is 0 Å². The van der Waals surface area contributed by atoms with Crippen LogP contribution in [0.15, 0.2) is 36.2 Å². The van der Waals surface area contributed by atoms with Gasteiger partial charge in [0.25, 0.3) is 5.82 Å². The Balaban J connectivity index is 2.07. The van der Waals surface area contributed by atoms with Gasteiger partial charge in [-0.2, -0.15) is 5.01 Å². The lowest BCUT2D eigenvalue weighted by atomic mass is 9.98. The summed E-state index contributed by atoms with van der Waals surface area (Å²) in [5.41, 5.74) is 0. The second-order valence-electron chi connectivity index (χ2n) is 4.34. The van der Waals surface area contributed by atoms with Gasteiger partial charge in [0.05, 0.1) is 14.1 Å². The van der Waals surface area contributed by atoms with Crippen LogP contribution < -0.4 is 0 Å². The molecule has 78 valence electrons. The minimum absolute atomic E-state index is 0.467. The molecule has 3 rings (SSSR count). The number of hydrogen-bond acceptors (Lipinski definition) is 2. The standard InChI is InChI=1S/C12H16N3/c1-9-13(2)12-8-10-6-4-5-7-11(10)15(12)14(9)3/h4-8,10-11H,1-3H3/q+1. The van der Waals surface area contributed by atoms with E-state index in [1.54, 1.807) is 0 Å². The lowest BCUT2D eigenvalue weighted by molar-refractivity contribution is -0.450. The fourth-order valence-electron chi connectivity index (χ4n) is 2.57. The van der Waals surface area contributed by atoms with Crippen LogP contribution in [0.4, 0.5) is 0 Å². The molecule has 0 N–H and O–H groups in total. The number of nitrogens with zero attached hydrogens (tertiary/aromatic N) is 3. The highest BCUT2D eigenvalue weighted by Gasteiger charge is 2.47. The highest BCUT2D eigenvalue weighted by Crippen LogP contribution is 2.35. The fraction of sp³-hybridized carbons (Fsp3) is 0.417. The van der Waals surface area contributed by atoms with Crippen LogP contribution in [0.1, 0.15) is 6.92 Å². The van der Waals surface area contributed by atoms with Gasteiger partial charge in [-0.15, -0.1) is 5.01 Å². The van der Waals surface area contributed by atoms with E-state index in [0.29, 0.717) is 12.0 Å². The number of fused-ring (bicyclic) bond motifs is 3. The van der Waals surface area contributed by atoms with Crippen molar-refractivity contribution in [2.75, 3.05) is 14.1 Å². The molecule has 3 nitrogen and oxygen atoms in total. The molecule has 2 aliphatic heterocycles. The molecule has 0 saturated carbocycles. The van der Waals surface area contributed by atoms with E-state index in [4.69, 9.17) is 0 Å². The Morgan fingerprint density at radius 3 is 2.80 bits per heavy atom. The van der Waals surface area contributed by atoms with Gasteiger partial charge in [0.2, 0.25) is 5.84 Å². The minimum atomic E-state index is 0.467. The molecule has 15 heavy (non-hydrogen) atoms. The molecule has 2 atom stereocenters. The molecule has 3 aliphatic rings. The molecule has 2 unspecified atom stereocenters. The van der Waals surface area contributed by atoms with Gasteiger partial charge < -0.3 is 0 Å². The van der Waals surface area contributed by atoms with Crippen molar-refractivity contribution >= 4 is 5.84 Å². The first-order valence-electron chi connectivity index (χ1n) is 5.37. The molecule has 0 aromatic rings. The summed E-state index contributed by atoms with van der Waals surface area (Å²) in [4.78, 5) is 0. The van der Waals surface area contributed by atoms with E-state index >= 15 is 0 Å². The topological polar surface area (TPSA) is 9.49 Å². The molecule has 0 spiro atoms. The first-order chi connectivity index (χ1) is 7.20. The van der Waals surface area contributed by atoms with Gasteiger partial charge in [0.1, 0.15) is 6.04 Å². The van der Waals surface area contributed by atoms with Gasteiger partial charge in [-0.05, 0) is 6.08 Å². The van der Waals surface area contributed by atoms with Gasteiger partial charge in [-0.25, -0.2) is 4.58 Å².